The molecule has 1 saturated carbocycles. The minimum absolute atomic E-state index is 0.0463. The highest BCUT2D eigenvalue weighted by Crippen LogP contribution is 2.35. The average molecular weight is 553 g/mol. The minimum Gasteiger partial charge on any atom is -0.354 e. The van der Waals surface area contributed by atoms with Crippen molar-refractivity contribution >= 4 is 23.4 Å². The van der Waals surface area contributed by atoms with Crippen molar-refractivity contribution in [1.82, 2.24) is 30.6 Å². The number of alkyl halides is 3. The molecule has 0 aliphatic heterocycles. The fourth-order valence-electron chi connectivity index (χ4n) is 4.37. The van der Waals surface area contributed by atoms with Crippen LogP contribution < -0.4 is 10.6 Å². The molecule has 1 aromatic carbocycles. The van der Waals surface area contributed by atoms with Gasteiger partial charge >= 0.3 is 6.18 Å². The number of benzene rings is 1. The van der Waals surface area contributed by atoms with Crippen molar-refractivity contribution in [2.24, 2.45) is 5.92 Å². The van der Waals surface area contributed by atoms with Gasteiger partial charge in [-0.1, -0.05) is 42.7 Å². The first-order valence-electron chi connectivity index (χ1n) is 12.4. The number of para-hydroxylation sites is 1. The maximum Gasteiger partial charge on any atom is 0.435 e. The normalized spacial score (nSPS) is 18.0. The van der Waals surface area contributed by atoms with E-state index in [9.17, 15) is 22.8 Å². The predicted octanol–water partition coefficient (Wildman–Crippen LogP) is 4.87. The van der Waals surface area contributed by atoms with Crippen LogP contribution >= 0.6 is 11.6 Å². The highest BCUT2D eigenvalue weighted by Gasteiger charge is 2.39. The summed E-state index contributed by atoms with van der Waals surface area (Å²) in [4.78, 5) is 29.6. The maximum atomic E-state index is 13.6. The zero-order chi connectivity index (χ0) is 27.4. The Balaban J connectivity index is 1.27. The number of rotatable bonds is 8. The van der Waals surface area contributed by atoms with Gasteiger partial charge in [-0.15, -0.1) is 0 Å². The Labute approximate surface area is 222 Å². The molecule has 9 nitrogen and oxygen atoms in total. The quantitative estimate of drug-likeness (QED) is 0.385. The molecule has 2 aromatic heterocycles. The summed E-state index contributed by atoms with van der Waals surface area (Å²) >= 11 is 6.07. The first-order chi connectivity index (χ1) is 18.0. The molecule has 0 bridgehead atoms. The second-order valence-corrected chi connectivity index (χ2v) is 9.93. The van der Waals surface area contributed by atoms with Crippen molar-refractivity contribution in [3.05, 3.63) is 58.5 Å². The highest BCUT2D eigenvalue weighted by molar-refractivity contribution is 6.32. The van der Waals surface area contributed by atoms with E-state index in [1.165, 1.54) is 12.1 Å². The molecule has 0 unspecified atom stereocenters. The zero-order valence-corrected chi connectivity index (χ0v) is 21.6. The number of amides is 2. The third-order valence-electron chi connectivity index (χ3n) is 6.45. The molecule has 1 fully saturated rings. The molecular formula is C25H28ClF3N6O3. The van der Waals surface area contributed by atoms with Crippen LogP contribution in [0.4, 0.5) is 13.2 Å². The Morgan fingerprint density at radius 2 is 1.82 bits per heavy atom. The van der Waals surface area contributed by atoms with Gasteiger partial charge in [-0.2, -0.15) is 23.3 Å². The third kappa shape index (κ3) is 6.35. The van der Waals surface area contributed by atoms with Crippen molar-refractivity contribution in [2.75, 3.05) is 13.1 Å². The summed E-state index contributed by atoms with van der Waals surface area (Å²) in [6, 6.07) is 6.22. The van der Waals surface area contributed by atoms with Gasteiger partial charge in [0.2, 0.25) is 11.8 Å². The van der Waals surface area contributed by atoms with E-state index in [4.69, 9.17) is 16.1 Å². The number of carbonyl (C=O) groups excluding carboxylic acids is 2. The van der Waals surface area contributed by atoms with Crippen molar-refractivity contribution in [3.63, 3.8) is 0 Å². The molecule has 0 radical (unpaired) electrons. The second-order valence-electron chi connectivity index (χ2n) is 9.53. The van der Waals surface area contributed by atoms with E-state index in [0.717, 1.165) is 23.7 Å². The number of aromatic nitrogens is 4. The molecule has 1 aliphatic carbocycles. The van der Waals surface area contributed by atoms with E-state index in [-0.39, 0.29) is 47.5 Å². The summed E-state index contributed by atoms with van der Waals surface area (Å²) in [5.41, 5.74) is -1.75. The van der Waals surface area contributed by atoms with Gasteiger partial charge in [0.05, 0.1) is 16.3 Å². The van der Waals surface area contributed by atoms with Crippen LogP contribution in [0.25, 0.3) is 5.69 Å². The van der Waals surface area contributed by atoms with E-state index < -0.39 is 23.3 Å². The molecule has 1 aliphatic rings. The molecule has 2 N–H and O–H groups in total. The summed E-state index contributed by atoms with van der Waals surface area (Å²) < 4.78 is 46.9. The van der Waals surface area contributed by atoms with Gasteiger partial charge in [0.1, 0.15) is 0 Å². The molecule has 3 aromatic rings. The smallest absolute Gasteiger partial charge is 0.354 e. The Hall–Kier alpha value is -3.41. The van der Waals surface area contributed by atoms with Crippen LogP contribution in [0.5, 0.6) is 0 Å². The van der Waals surface area contributed by atoms with Gasteiger partial charge in [-0.3, -0.25) is 9.59 Å². The molecule has 0 saturated heterocycles. The van der Waals surface area contributed by atoms with Crippen LogP contribution in [0.1, 0.15) is 79.1 Å². The molecule has 204 valence electrons. The fraction of sp³-hybridized carbons (Fsp3) is 0.480. The lowest BCUT2D eigenvalue weighted by Gasteiger charge is -2.25. The SMILES string of the molecule is CC(C)c1nc(C2CCC(C(=O)NCCNC(=O)c3cn(-c4ccccc4Cl)nc3C(F)(F)F)CC2)no1. The number of nitrogens with zero attached hydrogens (tertiary/aromatic N) is 4. The molecule has 2 heterocycles. The number of hydrogen-bond donors (Lipinski definition) is 2. The Morgan fingerprint density at radius 3 is 2.45 bits per heavy atom. The largest absolute Gasteiger partial charge is 0.435 e. The van der Waals surface area contributed by atoms with E-state index in [1.807, 2.05) is 13.8 Å². The minimum atomic E-state index is -4.84. The van der Waals surface area contributed by atoms with E-state index >= 15 is 0 Å². The van der Waals surface area contributed by atoms with Gasteiger partial charge in [-0.25, -0.2) is 4.68 Å². The first-order valence-corrected chi connectivity index (χ1v) is 12.7. The van der Waals surface area contributed by atoms with Crippen LogP contribution in [0.3, 0.4) is 0 Å². The number of carbonyl (C=O) groups is 2. The van der Waals surface area contributed by atoms with Crippen molar-refractivity contribution in [2.45, 2.75) is 57.5 Å². The van der Waals surface area contributed by atoms with Gasteiger partial charge in [0, 0.05) is 37.0 Å². The zero-order valence-electron chi connectivity index (χ0n) is 20.9. The predicted molar refractivity (Wildman–Crippen MR) is 132 cm³/mol. The van der Waals surface area contributed by atoms with Gasteiger partial charge in [0.25, 0.3) is 5.91 Å². The Morgan fingerprint density at radius 1 is 1.13 bits per heavy atom. The van der Waals surface area contributed by atoms with Crippen LogP contribution in [0, 0.1) is 5.92 Å². The van der Waals surface area contributed by atoms with Crippen molar-refractivity contribution in [1.29, 1.82) is 0 Å². The third-order valence-corrected chi connectivity index (χ3v) is 6.77. The van der Waals surface area contributed by atoms with Gasteiger partial charge in [-0.05, 0) is 37.8 Å². The lowest BCUT2D eigenvalue weighted by atomic mass is 9.81. The maximum absolute atomic E-state index is 13.6. The van der Waals surface area contributed by atoms with Crippen LogP contribution in [0.2, 0.25) is 5.02 Å². The number of hydrogen-bond acceptors (Lipinski definition) is 6. The Kier molecular flexibility index (Phi) is 8.39. The summed E-state index contributed by atoms with van der Waals surface area (Å²) in [5, 5.41) is 13.0. The average Bonchev–Trinajstić information content (AvgIpc) is 3.55. The topological polar surface area (TPSA) is 115 Å². The van der Waals surface area contributed by atoms with E-state index in [1.54, 1.807) is 12.1 Å². The van der Waals surface area contributed by atoms with Crippen molar-refractivity contribution < 1.29 is 27.3 Å². The lowest BCUT2D eigenvalue weighted by Crippen LogP contribution is -2.38. The number of halogens is 4. The van der Waals surface area contributed by atoms with Crippen LogP contribution in [0.15, 0.2) is 35.0 Å². The second kappa shape index (κ2) is 11.5. The number of nitrogens with one attached hydrogen (secondary N) is 2. The fourth-order valence-corrected chi connectivity index (χ4v) is 4.60. The highest BCUT2D eigenvalue weighted by atomic mass is 35.5. The van der Waals surface area contributed by atoms with E-state index in [0.29, 0.717) is 24.6 Å². The molecular weight excluding hydrogens is 525 g/mol. The van der Waals surface area contributed by atoms with Gasteiger partial charge in [0.15, 0.2) is 11.5 Å². The molecule has 0 spiro atoms. The monoisotopic (exact) mass is 552 g/mol. The van der Waals surface area contributed by atoms with E-state index in [2.05, 4.69) is 25.9 Å². The molecule has 4 rings (SSSR count). The lowest BCUT2D eigenvalue weighted by molar-refractivity contribution is -0.141. The van der Waals surface area contributed by atoms with Crippen LogP contribution in [-0.4, -0.2) is 44.8 Å². The van der Waals surface area contributed by atoms with Crippen molar-refractivity contribution in [3.8, 4) is 5.69 Å². The Bertz CT molecular complexity index is 1280. The standard InChI is InChI=1S/C25H28ClF3N6O3/c1-14(2)24-32-21(34-38-24)15-7-9-16(10-8-15)22(36)30-11-12-31-23(37)17-13-35(33-20(17)25(27,28)29)19-6-4-3-5-18(19)26/h3-6,13-16H,7-12H2,1-2H3,(H,30,36)(H,31,37). The van der Waals surface area contributed by atoms with Gasteiger partial charge < -0.3 is 15.2 Å². The first kappa shape index (κ1) is 27.6. The molecule has 13 heteroatoms. The summed E-state index contributed by atoms with van der Waals surface area (Å²) in [5.74, 6) is 0.264. The molecule has 38 heavy (non-hydrogen) atoms. The summed E-state index contributed by atoms with van der Waals surface area (Å²) in [6.07, 6.45) is -1.04. The molecule has 2 amide bonds. The molecule has 0 atom stereocenters. The summed E-state index contributed by atoms with van der Waals surface area (Å²) in [7, 11) is 0. The van der Waals surface area contributed by atoms with Crippen LogP contribution in [-0.2, 0) is 11.0 Å². The summed E-state index contributed by atoms with van der Waals surface area (Å²) in [6.45, 7) is 3.98.